The summed E-state index contributed by atoms with van der Waals surface area (Å²) < 4.78 is 0. The van der Waals surface area contributed by atoms with Gasteiger partial charge < -0.3 is 16.4 Å². The summed E-state index contributed by atoms with van der Waals surface area (Å²) in [5.74, 6) is 0.809. The molecule has 0 aliphatic carbocycles. The van der Waals surface area contributed by atoms with Gasteiger partial charge in [0.15, 0.2) is 5.96 Å². The van der Waals surface area contributed by atoms with Crippen molar-refractivity contribution in [2.45, 2.75) is 33.2 Å². The van der Waals surface area contributed by atoms with Crippen LogP contribution < -0.4 is 16.4 Å². The molecule has 1 aromatic heterocycles. The molecule has 0 fully saturated rings. The average molecular weight is 486 g/mol. The number of carbonyl (C=O) groups excluding carboxylic acids is 1. The van der Waals surface area contributed by atoms with Crippen LogP contribution in [0.4, 0.5) is 5.69 Å². The van der Waals surface area contributed by atoms with E-state index in [1.54, 1.807) is 11.3 Å². The van der Waals surface area contributed by atoms with Gasteiger partial charge in [-0.2, -0.15) is 0 Å². The van der Waals surface area contributed by atoms with Crippen LogP contribution >= 0.6 is 35.3 Å². The first-order valence-corrected chi connectivity index (χ1v) is 9.36. The summed E-state index contributed by atoms with van der Waals surface area (Å²) in [5.41, 5.74) is 7.71. The van der Waals surface area contributed by atoms with E-state index < -0.39 is 0 Å². The topological polar surface area (TPSA) is 79.5 Å². The first-order valence-electron chi connectivity index (χ1n) is 8.48. The van der Waals surface area contributed by atoms with Crippen molar-refractivity contribution in [3.8, 4) is 0 Å². The Morgan fingerprint density at radius 1 is 1.27 bits per heavy atom. The van der Waals surface area contributed by atoms with Gasteiger partial charge in [-0.1, -0.05) is 32.0 Å². The second-order valence-corrected chi connectivity index (χ2v) is 7.34. The number of nitrogens with one attached hydrogen (secondary N) is 2. The number of carbonyl (C=O) groups is 1. The van der Waals surface area contributed by atoms with Crippen LogP contribution in [0.15, 0.2) is 46.8 Å². The Kier molecular flexibility index (Phi) is 10.3. The van der Waals surface area contributed by atoms with Gasteiger partial charge in [0.05, 0.1) is 6.54 Å². The smallest absolute Gasteiger partial charge is 0.224 e. The highest BCUT2D eigenvalue weighted by Gasteiger charge is 2.05. The van der Waals surface area contributed by atoms with Crippen LogP contribution in [0, 0.1) is 5.92 Å². The minimum absolute atomic E-state index is 0. The monoisotopic (exact) mass is 486 g/mol. The van der Waals surface area contributed by atoms with Crippen molar-refractivity contribution in [2.24, 2.45) is 16.6 Å². The molecule has 1 amide bonds. The van der Waals surface area contributed by atoms with Gasteiger partial charge in [-0.25, -0.2) is 4.99 Å². The van der Waals surface area contributed by atoms with Gasteiger partial charge in [0, 0.05) is 23.5 Å². The lowest BCUT2D eigenvalue weighted by Crippen LogP contribution is -2.33. The molecular formula is C19H27IN4OS. The third-order valence-electron chi connectivity index (χ3n) is 3.49. The van der Waals surface area contributed by atoms with Gasteiger partial charge in [0.2, 0.25) is 5.91 Å². The minimum Gasteiger partial charge on any atom is -0.370 e. The number of anilines is 1. The van der Waals surface area contributed by atoms with E-state index in [-0.39, 0.29) is 29.9 Å². The summed E-state index contributed by atoms with van der Waals surface area (Å²) in [6.07, 6.45) is 1.45. The maximum Gasteiger partial charge on any atom is 0.224 e. The number of rotatable bonds is 8. The Morgan fingerprint density at radius 2 is 2.08 bits per heavy atom. The number of amides is 1. The Balaban J connectivity index is 0.00000338. The first-order chi connectivity index (χ1) is 12.0. The van der Waals surface area contributed by atoms with E-state index in [9.17, 15) is 4.79 Å². The van der Waals surface area contributed by atoms with Crippen molar-refractivity contribution in [2.75, 3.05) is 11.9 Å². The summed E-state index contributed by atoms with van der Waals surface area (Å²) >= 11 is 1.74. The third kappa shape index (κ3) is 8.66. The predicted molar refractivity (Wildman–Crippen MR) is 121 cm³/mol. The number of benzene rings is 1. The molecule has 0 atom stereocenters. The zero-order valence-electron chi connectivity index (χ0n) is 15.2. The SMILES string of the molecule is CC(C)CC(=O)Nc1cccc(CN=C(N)NCCc2cccs2)c1.I. The molecule has 0 saturated carbocycles. The van der Waals surface area contributed by atoms with Crippen LogP contribution in [0.5, 0.6) is 0 Å². The number of nitrogens with zero attached hydrogens (tertiary/aromatic N) is 1. The molecule has 2 aromatic rings. The maximum absolute atomic E-state index is 11.8. The van der Waals surface area contributed by atoms with Gasteiger partial charge in [0.1, 0.15) is 0 Å². The lowest BCUT2D eigenvalue weighted by atomic mass is 10.1. The highest BCUT2D eigenvalue weighted by atomic mass is 127. The number of thiophene rings is 1. The molecular weight excluding hydrogens is 459 g/mol. The van der Waals surface area contributed by atoms with Crippen molar-refractivity contribution in [1.82, 2.24) is 5.32 Å². The van der Waals surface area contributed by atoms with Crippen molar-refractivity contribution >= 4 is 52.9 Å². The highest BCUT2D eigenvalue weighted by molar-refractivity contribution is 14.0. The molecule has 142 valence electrons. The lowest BCUT2D eigenvalue weighted by Gasteiger charge is -2.09. The van der Waals surface area contributed by atoms with Crippen molar-refractivity contribution in [1.29, 1.82) is 0 Å². The van der Waals surface area contributed by atoms with Gasteiger partial charge in [-0.3, -0.25) is 4.79 Å². The van der Waals surface area contributed by atoms with E-state index >= 15 is 0 Å². The van der Waals surface area contributed by atoms with Gasteiger partial charge in [-0.15, -0.1) is 35.3 Å². The molecule has 0 aliphatic rings. The van der Waals surface area contributed by atoms with Crippen molar-refractivity contribution < 1.29 is 4.79 Å². The summed E-state index contributed by atoms with van der Waals surface area (Å²) in [6, 6.07) is 11.9. The molecule has 0 saturated heterocycles. The second-order valence-electron chi connectivity index (χ2n) is 6.30. The summed E-state index contributed by atoms with van der Waals surface area (Å²) in [5, 5.41) is 8.11. The fourth-order valence-electron chi connectivity index (χ4n) is 2.33. The Morgan fingerprint density at radius 3 is 2.77 bits per heavy atom. The number of nitrogens with two attached hydrogens (primary N) is 1. The zero-order valence-corrected chi connectivity index (χ0v) is 18.3. The number of hydrogen-bond donors (Lipinski definition) is 3. The molecule has 1 aromatic carbocycles. The van der Waals surface area contributed by atoms with Gasteiger partial charge in [-0.05, 0) is 41.5 Å². The maximum atomic E-state index is 11.8. The minimum atomic E-state index is 0. The van der Waals surface area contributed by atoms with Crippen LogP contribution in [0.1, 0.15) is 30.7 Å². The highest BCUT2D eigenvalue weighted by Crippen LogP contribution is 2.13. The molecule has 0 spiro atoms. The molecule has 5 nitrogen and oxygen atoms in total. The zero-order chi connectivity index (χ0) is 18.1. The third-order valence-corrected chi connectivity index (χ3v) is 4.43. The molecule has 7 heteroatoms. The fraction of sp³-hybridized carbons (Fsp3) is 0.368. The average Bonchev–Trinajstić information content (AvgIpc) is 3.06. The predicted octanol–water partition coefficient (Wildman–Crippen LogP) is 4.00. The fourth-order valence-corrected chi connectivity index (χ4v) is 3.04. The Bertz CT molecular complexity index is 701. The van der Waals surface area contributed by atoms with Crippen LogP contribution in [0.3, 0.4) is 0 Å². The van der Waals surface area contributed by atoms with E-state index in [1.165, 1.54) is 4.88 Å². The van der Waals surface area contributed by atoms with E-state index in [2.05, 4.69) is 27.1 Å². The number of hydrogen-bond acceptors (Lipinski definition) is 3. The van der Waals surface area contributed by atoms with Crippen molar-refractivity contribution in [3.05, 3.63) is 52.2 Å². The number of aliphatic imine (C=N–C) groups is 1. The van der Waals surface area contributed by atoms with Crippen molar-refractivity contribution in [3.63, 3.8) is 0 Å². The van der Waals surface area contributed by atoms with Gasteiger partial charge >= 0.3 is 0 Å². The summed E-state index contributed by atoms with van der Waals surface area (Å²) in [7, 11) is 0. The van der Waals surface area contributed by atoms with E-state index in [0.717, 1.165) is 24.2 Å². The molecule has 0 unspecified atom stereocenters. The van der Waals surface area contributed by atoms with Crippen LogP contribution in [-0.2, 0) is 17.8 Å². The molecule has 0 radical (unpaired) electrons. The molecule has 0 aliphatic heterocycles. The standard InChI is InChI=1S/C19H26N4OS.HI/c1-14(2)11-18(24)23-16-6-3-5-15(12-16)13-22-19(20)21-9-8-17-7-4-10-25-17;/h3-7,10,12,14H,8-9,11,13H2,1-2H3,(H,23,24)(H3,20,21,22);1H. The van der Waals surface area contributed by atoms with Crippen LogP contribution in [0.25, 0.3) is 0 Å². The Labute approximate surface area is 176 Å². The normalized spacial score (nSPS) is 11.1. The van der Waals surface area contributed by atoms with Crippen LogP contribution in [0.2, 0.25) is 0 Å². The summed E-state index contributed by atoms with van der Waals surface area (Å²) in [6.45, 7) is 5.30. The molecule has 2 rings (SSSR count). The van der Waals surface area contributed by atoms with E-state index in [4.69, 9.17) is 5.73 Å². The second kappa shape index (κ2) is 11.9. The van der Waals surface area contributed by atoms with E-state index in [1.807, 2.05) is 44.2 Å². The quantitative estimate of drug-likeness (QED) is 0.300. The lowest BCUT2D eigenvalue weighted by molar-refractivity contribution is -0.116. The largest absolute Gasteiger partial charge is 0.370 e. The van der Waals surface area contributed by atoms with Crippen LogP contribution in [-0.4, -0.2) is 18.4 Å². The van der Waals surface area contributed by atoms with E-state index in [0.29, 0.717) is 24.8 Å². The van der Waals surface area contributed by atoms with Gasteiger partial charge in [0.25, 0.3) is 0 Å². The molecule has 4 N–H and O–H groups in total. The summed E-state index contributed by atoms with van der Waals surface area (Å²) in [4.78, 5) is 17.5. The first kappa shape index (κ1) is 22.4. The Hall–Kier alpha value is -1.61. The number of guanidine groups is 1. The molecule has 1 heterocycles. The molecule has 0 bridgehead atoms. The molecule has 26 heavy (non-hydrogen) atoms. The number of halogens is 1.